The summed E-state index contributed by atoms with van der Waals surface area (Å²) >= 11 is 0. The number of para-hydroxylation sites is 1. The maximum atomic E-state index is 12.0. The van der Waals surface area contributed by atoms with Crippen molar-refractivity contribution in [3.63, 3.8) is 0 Å². The van der Waals surface area contributed by atoms with Gasteiger partial charge in [-0.05, 0) is 34.9 Å². The minimum atomic E-state index is -0.740. The van der Waals surface area contributed by atoms with Crippen molar-refractivity contribution in [1.82, 2.24) is 4.90 Å². The van der Waals surface area contributed by atoms with E-state index in [9.17, 15) is 9.90 Å². The third-order valence-electron chi connectivity index (χ3n) is 5.45. The first-order valence-electron chi connectivity index (χ1n) is 9.46. The Balaban J connectivity index is 1.50. The quantitative estimate of drug-likeness (QED) is 0.754. The molecule has 0 amide bonds. The molecule has 0 saturated carbocycles. The molecule has 4 rings (SSSR count). The van der Waals surface area contributed by atoms with Gasteiger partial charge in [0.25, 0.3) is 0 Å². The van der Waals surface area contributed by atoms with Gasteiger partial charge in [-0.1, -0.05) is 60.7 Å². The van der Waals surface area contributed by atoms with Gasteiger partial charge in [-0.2, -0.15) is 0 Å². The lowest BCUT2D eigenvalue weighted by atomic mass is 9.97. The van der Waals surface area contributed by atoms with Crippen LogP contribution < -0.4 is 4.90 Å². The van der Waals surface area contributed by atoms with E-state index in [-0.39, 0.29) is 0 Å². The summed E-state index contributed by atoms with van der Waals surface area (Å²) in [5.74, 6) is -0.740. The molecule has 1 aliphatic heterocycles. The molecule has 3 aromatic rings. The van der Waals surface area contributed by atoms with E-state index in [1.54, 1.807) is 0 Å². The zero-order valence-corrected chi connectivity index (χ0v) is 15.3. The molecule has 3 aromatic carbocycles. The first-order chi connectivity index (χ1) is 13.2. The lowest BCUT2D eigenvalue weighted by Gasteiger charge is -2.39. The Labute approximate surface area is 159 Å². The second-order valence-electron chi connectivity index (χ2n) is 7.05. The summed E-state index contributed by atoms with van der Waals surface area (Å²) in [7, 11) is 0. The van der Waals surface area contributed by atoms with E-state index in [0.717, 1.165) is 42.5 Å². The number of carbonyl (C=O) groups is 1. The van der Waals surface area contributed by atoms with Crippen LogP contribution in [0.4, 0.5) is 5.69 Å². The van der Waals surface area contributed by atoms with Crippen molar-refractivity contribution >= 4 is 22.4 Å². The highest BCUT2D eigenvalue weighted by atomic mass is 16.4. The fraction of sp³-hybridized carbons (Fsp3) is 0.261. The molecule has 27 heavy (non-hydrogen) atoms. The van der Waals surface area contributed by atoms with Gasteiger partial charge in [0.2, 0.25) is 0 Å². The molecular weight excluding hydrogens is 336 g/mol. The number of aliphatic carboxylic acids is 1. The molecule has 1 saturated heterocycles. The zero-order chi connectivity index (χ0) is 18.6. The molecule has 1 fully saturated rings. The average molecular weight is 360 g/mol. The minimum absolute atomic E-state index is 0.492. The first-order valence-corrected chi connectivity index (χ1v) is 9.46. The Bertz CT molecular complexity index is 913. The van der Waals surface area contributed by atoms with Crippen molar-refractivity contribution in [3.8, 4) is 0 Å². The summed E-state index contributed by atoms with van der Waals surface area (Å²) in [5.41, 5.74) is 2.31. The van der Waals surface area contributed by atoms with Crippen LogP contribution in [0.1, 0.15) is 5.56 Å². The number of rotatable bonds is 5. The topological polar surface area (TPSA) is 43.8 Å². The van der Waals surface area contributed by atoms with Gasteiger partial charge in [0.05, 0.1) is 0 Å². The summed E-state index contributed by atoms with van der Waals surface area (Å²) in [5, 5.41) is 12.2. The molecule has 0 aliphatic carbocycles. The largest absolute Gasteiger partial charge is 0.480 e. The molecule has 0 unspecified atom stereocenters. The van der Waals surface area contributed by atoms with E-state index in [1.807, 2.05) is 36.4 Å². The van der Waals surface area contributed by atoms with Crippen molar-refractivity contribution in [2.45, 2.75) is 12.5 Å². The number of fused-ring (bicyclic) bond motifs is 1. The minimum Gasteiger partial charge on any atom is -0.480 e. The number of piperazine rings is 1. The van der Waals surface area contributed by atoms with Gasteiger partial charge in [0.15, 0.2) is 0 Å². The van der Waals surface area contributed by atoms with Crippen molar-refractivity contribution in [2.75, 3.05) is 31.1 Å². The van der Waals surface area contributed by atoms with Crippen LogP contribution >= 0.6 is 0 Å². The highest BCUT2D eigenvalue weighted by molar-refractivity contribution is 5.86. The number of hydrogen-bond donors (Lipinski definition) is 1. The maximum Gasteiger partial charge on any atom is 0.321 e. The van der Waals surface area contributed by atoms with Crippen LogP contribution in [0.3, 0.4) is 0 Å². The molecule has 1 aliphatic rings. The Kier molecular flexibility index (Phi) is 5.07. The van der Waals surface area contributed by atoms with E-state index in [4.69, 9.17) is 0 Å². The third-order valence-corrected chi connectivity index (χ3v) is 5.45. The summed E-state index contributed by atoms with van der Waals surface area (Å²) in [6.45, 7) is 3.22. The summed E-state index contributed by atoms with van der Waals surface area (Å²) in [4.78, 5) is 16.5. The van der Waals surface area contributed by atoms with Crippen LogP contribution in [0, 0.1) is 0 Å². The standard InChI is InChI=1S/C23H24N2O2/c26-23(27)22(17-19-9-6-8-18-7-4-5-12-21(18)19)25-15-13-24(14-16-25)20-10-2-1-3-11-20/h1-12,22H,13-17H2,(H,26,27)/t22-/m0/s1. The number of benzene rings is 3. The molecule has 1 N–H and O–H groups in total. The van der Waals surface area contributed by atoms with Crippen LogP contribution in [-0.4, -0.2) is 48.2 Å². The van der Waals surface area contributed by atoms with Crippen molar-refractivity contribution in [3.05, 3.63) is 78.4 Å². The van der Waals surface area contributed by atoms with Crippen LogP contribution in [0.5, 0.6) is 0 Å². The maximum absolute atomic E-state index is 12.0. The molecule has 0 bridgehead atoms. The molecular formula is C23H24N2O2. The fourth-order valence-corrected chi connectivity index (χ4v) is 3.98. The summed E-state index contributed by atoms with van der Waals surface area (Å²) in [6, 6.07) is 24.2. The molecule has 4 nitrogen and oxygen atoms in total. The number of carboxylic acids is 1. The highest BCUT2D eigenvalue weighted by Gasteiger charge is 2.29. The molecule has 0 radical (unpaired) electrons. The summed E-state index contributed by atoms with van der Waals surface area (Å²) < 4.78 is 0. The van der Waals surface area contributed by atoms with E-state index < -0.39 is 12.0 Å². The predicted molar refractivity (Wildman–Crippen MR) is 109 cm³/mol. The van der Waals surface area contributed by atoms with Crippen LogP contribution in [0.2, 0.25) is 0 Å². The molecule has 138 valence electrons. The molecule has 0 aromatic heterocycles. The monoisotopic (exact) mass is 360 g/mol. The van der Waals surface area contributed by atoms with Gasteiger partial charge in [0.1, 0.15) is 6.04 Å². The second kappa shape index (κ2) is 7.80. The molecule has 0 spiro atoms. The third kappa shape index (κ3) is 3.81. The Morgan fingerprint density at radius 1 is 0.852 bits per heavy atom. The first kappa shape index (κ1) is 17.6. The Morgan fingerprint density at radius 2 is 1.52 bits per heavy atom. The average Bonchev–Trinajstić information content (AvgIpc) is 2.73. The Morgan fingerprint density at radius 3 is 2.26 bits per heavy atom. The van der Waals surface area contributed by atoms with E-state index in [0.29, 0.717) is 6.42 Å². The van der Waals surface area contributed by atoms with Crippen molar-refractivity contribution in [1.29, 1.82) is 0 Å². The van der Waals surface area contributed by atoms with Crippen molar-refractivity contribution < 1.29 is 9.90 Å². The SMILES string of the molecule is O=C(O)[C@H](Cc1cccc2ccccc12)N1CCN(c2ccccc2)CC1. The molecule has 1 atom stereocenters. The number of carboxylic acid groups (broad SMARTS) is 1. The van der Waals surface area contributed by atoms with Gasteiger partial charge in [-0.15, -0.1) is 0 Å². The predicted octanol–water partition coefficient (Wildman–Crippen LogP) is 3.66. The van der Waals surface area contributed by atoms with Crippen molar-refractivity contribution in [2.24, 2.45) is 0 Å². The Hall–Kier alpha value is -2.85. The number of anilines is 1. The lowest BCUT2D eigenvalue weighted by molar-refractivity contribution is -0.143. The number of nitrogens with zero attached hydrogens (tertiary/aromatic N) is 2. The van der Waals surface area contributed by atoms with Crippen LogP contribution in [-0.2, 0) is 11.2 Å². The van der Waals surface area contributed by atoms with E-state index in [1.165, 1.54) is 5.69 Å². The van der Waals surface area contributed by atoms with Gasteiger partial charge in [-0.25, -0.2) is 0 Å². The molecule has 4 heteroatoms. The lowest BCUT2D eigenvalue weighted by Crippen LogP contribution is -2.53. The van der Waals surface area contributed by atoms with Crippen LogP contribution in [0.15, 0.2) is 72.8 Å². The van der Waals surface area contributed by atoms with E-state index >= 15 is 0 Å². The highest BCUT2D eigenvalue weighted by Crippen LogP contribution is 2.23. The summed E-state index contributed by atoms with van der Waals surface area (Å²) in [6.07, 6.45) is 0.530. The smallest absolute Gasteiger partial charge is 0.321 e. The molecule has 1 heterocycles. The second-order valence-corrected chi connectivity index (χ2v) is 7.05. The van der Waals surface area contributed by atoms with Gasteiger partial charge < -0.3 is 10.0 Å². The fourth-order valence-electron chi connectivity index (χ4n) is 3.98. The van der Waals surface area contributed by atoms with Gasteiger partial charge in [0, 0.05) is 31.9 Å². The normalized spacial score (nSPS) is 16.4. The van der Waals surface area contributed by atoms with Gasteiger partial charge in [-0.3, -0.25) is 9.69 Å². The zero-order valence-electron chi connectivity index (χ0n) is 15.3. The van der Waals surface area contributed by atoms with E-state index in [2.05, 4.69) is 46.2 Å². The van der Waals surface area contributed by atoms with Gasteiger partial charge >= 0.3 is 5.97 Å². The number of hydrogen-bond acceptors (Lipinski definition) is 3. The van der Waals surface area contributed by atoms with Crippen LogP contribution in [0.25, 0.3) is 10.8 Å².